The molecule has 0 aliphatic rings. The van der Waals surface area contributed by atoms with E-state index in [1.54, 1.807) is 16.8 Å². The number of pyridine rings is 2. The van der Waals surface area contributed by atoms with E-state index in [2.05, 4.69) is 10.3 Å². The Morgan fingerprint density at radius 3 is 2.48 bits per heavy atom. The standard InChI is InChI=1S/C23H25N3O3/c1-15-11-16(2)25-23(29)20(15)14-24-22(28)19-9-10-26(21(27)13-19)17(3)12-18-7-5-4-6-8-18/h4-11,13,17H,12,14H2,1-3H3,(H,24,28)(H,25,29). The fourth-order valence-corrected chi connectivity index (χ4v) is 3.42. The fraction of sp³-hybridized carbons (Fsp3) is 0.261. The van der Waals surface area contributed by atoms with Crippen LogP contribution in [-0.4, -0.2) is 15.5 Å². The number of amides is 1. The molecule has 0 saturated heterocycles. The molecule has 0 saturated carbocycles. The third kappa shape index (κ3) is 4.90. The molecule has 1 amide bonds. The summed E-state index contributed by atoms with van der Waals surface area (Å²) in [6.07, 6.45) is 2.37. The lowest BCUT2D eigenvalue weighted by Gasteiger charge is -2.16. The van der Waals surface area contributed by atoms with Crippen molar-refractivity contribution in [3.05, 3.63) is 103 Å². The van der Waals surface area contributed by atoms with E-state index in [1.165, 1.54) is 6.07 Å². The summed E-state index contributed by atoms with van der Waals surface area (Å²) < 4.78 is 1.62. The zero-order valence-corrected chi connectivity index (χ0v) is 16.9. The van der Waals surface area contributed by atoms with Crippen LogP contribution in [0.25, 0.3) is 0 Å². The van der Waals surface area contributed by atoms with Gasteiger partial charge in [0.2, 0.25) is 0 Å². The molecule has 6 nitrogen and oxygen atoms in total. The predicted molar refractivity (Wildman–Crippen MR) is 113 cm³/mol. The van der Waals surface area contributed by atoms with Crippen molar-refractivity contribution in [2.45, 2.75) is 39.8 Å². The van der Waals surface area contributed by atoms with Gasteiger partial charge in [0.05, 0.1) is 0 Å². The molecular weight excluding hydrogens is 366 g/mol. The van der Waals surface area contributed by atoms with E-state index >= 15 is 0 Å². The maximum Gasteiger partial charge on any atom is 0.253 e. The van der Waals surface area contributed by atoms with Gasteiger partial charge in [0.25, 0.3) is 17.0 Å². The zero-order valence-electron chi connectivity index (χ0n) is 16.9. The van der Waals surface area contributed by atoms with Crippen LogP contribution >= 0.6 is 0 Å². The van der Waals surface area contributed by atoms with Crippen LogP contribution in [0.4, 0.5) is 0 Å². The first-order valence-electron chi connectivity index (χ1n) is 9.59. The van der Waals surface area contributed by atoms with Crippen LogP contribution in [0.5, 0.6) is 0 Å². The van der Waals surface area contributed by atoms with Crippen LogP contribution in [0.1, 0.15) is 45.7 Å². The number of aryl methyl sites for hydroxylation is 2. The number of rotatable bonds is 6. The molecule has 2 heterocycles. The summed E-state index contributed by atoms with van der Waals surface area (Å²) in [7, 11) is 0. The number of carbonyl (C=O) groups is 1. The maximum atomic E-state index is 12.5. The van der Waals surface area contributed by atoms with Gasteiger partial charge in [0, 0.05) is 41.7 Å². The topological polar surface area (TPSA) is 84.0 Å². The maximum absolute atomic E-state index is 12.5. The molecule has 150 valence electrons. The van der Waals surface area contributed by atoms with Gasteiger partial charge < -0.3 is 14.9 Å². The van der Waals surface area contributed by atoms with Crippen LogP contribution in [0.3, 0.4) is 0 Å². The SMILES string of the molecule is Cc1cc(C)c(CNC(=O)c2ccn(C(C)Cc3ccccc3)c(=O)c2)c(=O)[nH]1. The van der Waals surface area contributed by atoms with Crippen molar-refractivity contribution >= 4 is 5.91 Å². The number of hydrogen-bond donors (Lipinski definition) is 2. The lowest BCUT2D eigenvalue weighted by molar-refractivity contribution is 0.0950. The average molecular weight is 391 g/mol. The van der Waals surface area contributed by atoms with Gasteiger partial charge in [-0.25, -0.2) is 0 Å². The summed E-state index contributed by atoms with van der Waals surface area (Å²) in [6.45, 7) is 5.72. The highest BCUT2D eigenvalue weighted by molar-refractivity contribution is 5.93. The Bertz CT molecular complexity index is 1130. The van der Waals surface area contributed by atoms with Crippen molar-refractivity contribution in [2.75, 3.05) is 0 Å². The van der Waals surface area contributed by atoms with Gasteiger partial charge in [0.15, 0.2) is 0 Å². The molecule has 6 heteroatoms. The molecule has 2 aromatic heterocycles. The van der Waals surface area contributed by atoms with Crippen molar-refractivity contribution in [2.24, 2.45) is 0 Å². The number of H-pyrrole nitrogens is 1. The fourth-order valence-electron chi connectivity index (χ4n) is 3.42. The lowest BCUT2D eigenvalue weighted by atomic mass is 10.1. The number of nitrogens with one attached hydrogen (secondary N) is 2. The largest absolute Gasteiger partial charge is 0.348 e. The third-order valence-electron chi connectivity index (χ3n) is 4.98. The molecule has 3 aromatic rings. The molecule has 3 rings (SSSR count). The summed E-state index contributed by atoms with van der Waals surface area (Å²) in [4.78, 5) is 39.8. The monoisotopic (exact) mass is 391 g/mol. The third-order valence-corrected chi connectivity index (χ3v) is 4.98. The quantitative estimate of drug-likeness (QED) is 0.678. The molecule has 29 heavy (non-hydrogen) atoms. The minimum absolute atomic E-state index is 0.0317. The number of aromatic nitrogens is 2. The Balaban J connectivity index is 1.70. The highest BCUT2D eigenvalue weighted by Gasteiger charge is 2.13. The Hall–Kier alpha value is -3.41. The number of hydrogen-bond acceptors (Lipinski definition) is 3. The molecule has 0 radical (unpaired) electrons. The minimum Gasteiger partial charge on any atom is -0.348 e. The molecule has 1 atom stereocenters. The second-order valence-corrected chi connectivity index (χ2v) is 7.33. The second-order valence-electron chi connectivity index (χ2n) is 7.33. The van der Waals surface area contributed by atoms with Gasteiger partial charge in [-0.05, 0) is 50.5 Å². The molecular formula is C23H25N3O3. The van der Waals surface area contributed by atoms with E-state index < -0.39 is 0 Å². The molecule has 1 aromatic carbocycles. The molecule has 0 fully saturated rings. The van der Waals surface area contributed by atoms with Crippen molar-refractivity contribution in [1.82, 2.24) is 14.9 Å². The van der Waals surface area contributed by atoms with E-state index in [0.29, 0.717) is 5.56 Å². The average Bonchev–Trinajstić information content (AvgIpc) is 2.67. The van der Waals surface area contributed by atoms with Gasteiger partial charge in [0.1, 0.15) is 0 Å². The first-order chi connectivity index (χ1) is 13.8. The van der Waals surface area contributed by atoms with Gasteiger partial charge in [-0.3, -0.25) is 14.4 Å². The first-order valence-corrected chi connectivity index (χ1v) is 9.59. The van der Waals surface area contributed by atoms with Crippen molar-refractivity contribution < 1.29 is 4.79 Å². The van der Waals surface area contributed by atoms with E-state index in [4.69, 9.17) is 0 Å². The minimum atomic E-state index is -0.385. The summed E-state index contributed by atoms with van der Waals surface area (Å²) in [5.74, 6) is -0.385. The number of carbonyl (C=O) groups excluding carboxylic acids is 1. The normalized spacial score (nSPS) is 11.8. The molecule has 0 aliphatic carbocycles. The van der Waals surface area contributed by atoms with Crippen LogP contribution in [-0.2, 0) is 13.0 Å². The second kappa shape index (κ2) is 8.73. The number of aromatic amines is 1. The predicted octanol–water partition coefficient (Wildman–Crippen LogP) is 2.89. The summed E-state index contributed by atoms with van der Waals surface area (Å²) in [5.41, 5.74) is 3.08. The summed E-state index contributed by atoms with van der Waals surface area (Å²) in [6, 6.07) is 14.7. The van der Waals surface area contributed by atoms with E-state index in [0.717, 1.165) is 23.2 Å². The van der Waals surface area contributed by atoms with Gasteiger partial charge >= 0.3 is 0 Å². The van der Waals surface area contributed by atoms with Crippen LogP contribution in [0.15, 0.2) is 64.3 Å². The van der Waals surface area contributed by atoms with E-state index in [-0.39, 0.29) is 35.2 Å². The van der Waals surface area contributed by atoms with Gasteiger partial charge in [-0.1, -0.05) is 30.3 Å². The van der Waals surface area contributed by atoms with Crippen LogP contribution in [0, 0.1) is 13.8 Å². The van der Waals surface area contributed by atoms with Gasteiger partial charge in [-0.15, -0.1) is 0 Å². The van der Waals surface area contributed by atoms with Crippen molar-refractivity contribution in [3.63, 3.8) is 0 Å². The van der Waals surface area contributed by atoms with Crippen LogP contribution < -0.4 is 16.4 Å². The number of nitrogens with zero attached hydrogens (tertiary/aromatic N) is 1. The molecule has 0 bridgehead atoms. The van der Waals surface area contributed by atoms with E-state index in [1.807, 2.05) is 57.2 Å². The summed E-state index contributed by atoms with van der Waals surface area (Å²) in [5, 5.41) is 2.73. The molecule has 1 unspecified atom stereocenters. The Labute approximate surface area is 169 Å². The van der Waals surface area contributed by atoms with Crippen molar-refractivity contribution in [3.8, 4) is 0 Å². The highest BCUT2D eigenvalue weighted by atomic mass is 16.2. The van der Waals surface area contributed by atoms with Crippen LogP contribution in [0.2, 0.25) is 0 Å². The lowest BCUT2D eigenvalue weighted by Crippen LogP contribution is -2.30. The van der Waals surface area contributed by atoms with Gasteiger partial charge in [-0.2, -0.15) is 0 Å². The molecule has 2 N–H and O–H groups in total. The Morgan fingerprint density at radius 1 is 1.10 bits per heavy atom. The molecule has 0 aliphatic heterocycles. The van der Waals surface area contributed by atoms with Crippen molar-refractivity contribution in [1.29, 1.82) is 0 Å². The highest BCUT2D eigenvalue weighted by Crippen LogP contribution is 2.12. The first kappa shape index (κ1) is 20.3. The van der Waals surface area contributed by atoms with E-state index in [9.17, 15) is 14.4 Å². The number of benzene rings is 1. The summed E-state index contributed by atoms with van der Waals surface area (Å²) >= 11 is 0. The Kier molecular flexibility index (Phi) is 6.12. The Morgan fingerprint density at radius 2 is 1.83 bits per heavy atom. The smallest absolute Gasteiger partial charge is 0.253 e. The molecule has 0 spiro atoms. The zero-order chi connectivity index (χ0) is 21.0.